The van der Waals surface area contributed by atoms with Crippen molar-refractivity contribution in [2.45, 2.75) is 31.9 Å². The number of benzene rings is 1. The average molecular weight is 297 g/mol. The number of carbonyl (C=O) groups is 1. The quantitative estimate of drug-likeness (QED) is 0.302. The third kappa shape index (κ3) is 6.56. The Bertz CT molecular complexity index is 433. The molecule has 0 bridgehead atoms. The van der Waals surface area contributed by atoms with Crippen molar-refractivity contribution in [3.05, 3.63) is 39.9 Å². The lowest BCUT2D eigenvalue weighted by Crippen LogP contribution is -2.06. The SMILES string of the molecule is CCCCOC(=O)CCSCc1ccc([N+](=O)[O-])cc1. The molecule has 1 aromatic carbocycles. The fourth-order valence-electron chi connectivity index (χ4n) is 1.46. The molecule has 0 fully saturated rings. The number of nitro groups is 1. The van der Waals surface area contributed by atoms with Crippen molar-refractivity contribution < 1.29 is 14.5 Å². The zero-order valence-electron chi connectivity index (χ0n) is 11.5. The van der Waals surface area contributed by atoms with Crippen LogP contribution in [0, 0.1) is 10.1 Å². The molecule has 0 N–H and O–H groups in total. The normalized spacial score (nSPS) is 10.2. The Morgan fingerprint density at radius 3 is 2.65 bits per heavy atom. The van der Waals surface area contributed by atoms with E-state index in [1.165, 1.54) is 12.1 Å². The van der Waals surface area contributed by atoms with E-state index in [1.54, 1.807) is 23.9 Å². The van der Waals surface area contributed by atoms with Crippen LogP contribution in [-0.4, -0.2) is 23.3 Å². The minimum Gasteiger partial charge on any atom is -0.466 e. The second-order valence-electron chi connectivity index (χ2n) is 4.30. The summed E-state index contributed by atoms with van der Waals surface area (Å²) in [4.78, 5) is 21.4. The molecule has 0 atom stereocenters. The fourth-order valence-corrected chi connectivity index (χ4v) is 2.35. The van der Waals surface area contributed by atoms with Crippen molar-refractivity contribution in [1.82, 2.24) is 0 Å². The third-order valence-corrected chi connectivity index (χ3v) is 3.66. The van der Waals surface area contributed by atoms with Gasteiger partial charge in [0.25, 0.3) is 5.69 Å². The molecule has 0 saturated carbocycles. The molecule has 0 saturated heterocycles. The lowest BCUT2D eigenvalue weighted by Gasteiger charge is -2.04. The Balaban J connectivity index is 2.17. The number of thioether (sulfide) groups is 1. The summed E-state index contributed by atoms with van der Waals surface area (Å²) in [5.74, 6) is 1.27. The number of hydrogen-bond acceptors (Lipinski definition) is 5. The Kier molecular flexibility index (Phi) is 7.72. The number of hydrogen-bond donors (Lipinski definition) is 0. The summed E-state index contributed by atoms with van der Waals surface area (Å²) in [6.07, 6.45) is 2.32. The second kappa shape index (κ2) is 9.36. The van der Waals surface area contributed by atoms with Crippen molar-refractivity contribution >= 4 is 23.4 Å². The van der Waals surface area contributed by atoms with E-state index in [-0.39, 0.29) is 11.7 Å². The summed E-state index contributed by atoms with van der Waals surface area (Å²) in [7, 11) is 0. The van der Waals surface area contributed by atoms with Gasteiger partial charge in [0.15, 0.2) is 0 Å². The molecule has 0 aliphatic heterocycles. The van der Waals surface area contributed by atoms with Gasteiger partial charge in [-0.15, -0.1) is 0 Å². The highest BCUT2D eigenvalue weighted by molar-refractivity contribution is 7.98. The van der Waals surface area contributed by atoms with E-state index in [2.05, 4.69) is 0 Å². The van der Waals surface area contributed by atoms with Gasteiger partial charge in [-0.25, -0.2) is 0 Å². The zero-order valence-corrected chi connectivity index (χ0v) is 12.4. The van der Waals surface area contributed by atoms with Gasteiger partial charge in [-0.3, -0.25) is 14.9 Å². The van der Waals surface area contributed by atoms with Crippen LogP contribution in [0.1, 0.15) is 31.7 Å². The molecule has 1 aromatic rings. The number of nitrogens with zero attached hydrogens (tertiary/aromatic N) is 1. The number of carbonyl (C=O) groups excluding carboxylic acids is 1. The summed E-state index contributed by atoms with van der Waals surface area (Å²) in [5.41, 5.74) is 1.11. The maximum atomic E-state index is 11.3. The summed E-state index contributed by atoms with van der Waals surface area (Å²) in [5, 5.41) is 10.5. The van der Waals surface area contributed by atoms with Crippen LogP contribution in [0.4, 0.5) is 5.69 Å². The van der Waals surface area contributed by atoms with Gasteiger partial charge in [0.05, 0.1) is 18.0 Å². The highest BCUT2D eigenvalue weighted by Crippen LogP contribution is 2.17. The number of ether oxygens (including phenoxy) is 1. The van der Waals surface area contributed by atoms with E-state index in [0.717, 1.165) is 24.2 Å². The van der Waals surface area contributed by atoms with Crippen molar-refractivity contribution in [2.75, 3.05) is 12.4 Å². The highest BCUT2D eigenvalue weighted by atomic mass is 32.2. The predicted molar refractivity (Wildman–Crippen MR) is 79.7 cm³/mol. The maximum Gasteiger partial charge on any atom is 0.306 e. The van der Waals surface area contributed by atoms with Crippen molar-refractivity contribution in [2.24, 2.45) is 0 Å². The van der Waals surface area contributed by atoms with Crippen molar-refractivity contribution in [3.63, 3.8) is 0 Å². The number of unbranched alkanes of at least 4 members (excludes halogenated alkanes) is 1. The Hall–Kier alpha value is -1.56. The van der Waals surface area contributed by atoms with E-state index in [4.69, 9.17) is 4.74 Å². The molecule has 0 aliphatic rings. The average Bonchev–Trinajstić information content (AvgIpc) is 2.44. The van der Waals surface area contributed by atoms with Crippen LogP contribution in [0.3, 0.4) is 0 Å². The van der Waals surface area contributed by atoms with Gasteiger partial charge in [-0.05, 0) is 12.0 Å². The smallest absolute Gasteiger partial charge is 0.306 e. The Labute approximate surface area is 122 Å². The van der Waals surface area contributed by atoms with Crippen molar-refractivity contribution in [1.29, 1.82) is 0 Å². The van der Waals surface area contributed by atoms with Crippen LogP contribution in [0.2, 0.25) is 0 Å². The molecular formula is C14H19NO4S. The molecule has 20 heavy (non-hydrogen) atoms. The molecular weight excluding hydrogens is 278 g/mol. The van der Waals surface area contributed by atoms with Gasteiger partial charge in [0.1, 0.15) is 0 Å². The molecule has 0 spiro atoms. The first kappa shape index (κ1) is 16.5. The summed E-state index contributed by atoms with van der Waals surface area (Å²) in [6.45, 7) is 2.55. The van der Waals surface area contributed by atoms with Crippen LogP contribution in [0.5, 0.6) is 0 Å². The Morgan fingerprint density at radius 1 is 1.35 bits per heavy atom. The molecule has 110 valence electrons. The topological polar surface area (TPSA) is 69.4 Å². The van der Waals surface area contributed by atoms with E-state index in [1.807, 2.05) is 6.92 Å². The molecule has 0 amide bonds. The monoisotopic (exact) mass is 297 g/mol. The summed E-state index contributed by atoms with van der Waals surface area (Å²) >= 11 is 1.62. The van der Waals surface area contributed by atoms with Crippen LogP contribution < -0.4 is 0 Å². The van der Waals surface area contributed by atoms with Crippen LogP contribution in [0.15, 0.2) is 24.3 Å². The van der Waals surface area contributed by atoms with Crippen molar-refractivity contribution in [3.8, 4) is 0 Å². The minimum atomic E-state index is -0.413. The predicted octanol–water partition coefficient (Wildman–Crippen LogP) is 3.56. The fraction of sp³-hybridized carbons (Fsp3) is 0.500. The van der Waals surface area contributed by atoms with E-state index >= 15 is 0 Å². The van der Waals surface area contributed by atoms with E-state index < -0.39 is 4.92 Å². The molecule has 6 heteroatoms. The molecule has 0 radical (unpaired) electrons. The van der Waals surface area contributed by atoms with Gasteiger partial charge >= 0.3 is 5.97 Å². The zero-order chi connectivity index (χ0) is 14.8. The van der Waals surface area contributed by atoms with Gasteiger partial charge in [-0.1, -0.05) is 25.5 Å². The van der Waals surface area contributed by atoms with Gasteiger partial charge < -0.3 is 4.74 Å². The molecule has 1 rings (SSSR count). The Morgan fingerprint density at radius 2 is 2.05 bits per heavy atom. The van der Waals surface area contributed by atoms with Gasteiger partial charge in [-0.2, -0.15) is 11.8 Å². The molecule has 0 aliphatic carbocycles. The number of non-ortho nitro benzene ring substituents is 1. The van der Waals surface area contributed by atoms with Crippen LogP contribution >= 0.6 is 11.8 Å². The first-order chi connectivity index (χ1) is 9.63. The summed E-state index contributed by atoms with van der Waals surface area (Å²) in [6, 6.07) is 6.47. The maximum absolute atomic E-state index is 11.3. The largest absolute Gasteiger partial charge is 0.466 e. The van der Waals surface area contributed by atoms with Gasteiger partial charge in [0, 0.05) is 23.6 Å². The molecule has 5 nitrogen and oxygen atoms in total. The highest BCUT2D eigenvalue weighted by Gasteiger charge is 2.05. The third-order valence-electron chi connectivity index (χ3n) is 2.63. The van der Waals surface area contributed by atoms with E-state index in [9.17, 15) is 14.9 Å². The van der Waals surface area contributed by atoms with E-state index in [0.29, 0.717) is 18.8 Å². The molecule has 0 unspecified atom stereocenters. The lowest BCUT2D eigenvalue weighted by atomic mass is 10.2. The number of nitro benzene ring substituents is 1. The first-order valence-corrected chi connectivity index (χ1v) is 7.75. The standard InChI is InChI=1S/C14H19NO4S/c1-2-3-9-19-14(16)8-10-20-11-12-4-6-13(7-5-12)15(17)18/h4-7H,2-3,8-11H2,1H3. The summed E-state index contributed by atoms with van der Waals surface area (Å²) < 4.78 is 5.05. The van der Waals surface area contributed by atoms with Crippen LogP contribution in [0.25, 0.3) is 0 Å². The second-order valence-corrected chi connectivity index (χ2v) is 5.41. The number of esters is 1. The minimum absolute atomic E-state index is 0.0956. The van der Waals surface area contributed by atoms with Gasteiger partial charge in [0.2, 0.25) is 0 Å². The van der Waals surface area contributed by atoms with Crippen LogP contribution in [-0.2, 0) is 15.3 Å². The number of rotatable bonds is 9. The lowest BCUT2D eigenvalue weighted by molar-refractivity contribution is -0.384. The molecule has 0 heterocycles. The molecule has 0 aromatic heterocycles. The first-order valence-electron chi connectivity index (χ1n) is 6.60.